The van der Waals surface area contributed by atoms with Crippen LogP contribution in [0.1, 0.15) is 0 Å². The highest BCUT2D eigenvalue weighted by Crippen LogP contribution is 2.57. The number of ether oxygens (including phenoxy) is 3. The predicted octanol–water partition coefficient (Wildman–Crippen LogP) is 14.7. The second kappa shape index (κ2) is 13.4. The Morgan fingerprint density at radius 1 is 0.324 bits per heavy atom. The van der Waals surface area contributed by atoms with Crippen LogP contribution in [-0.2, 0) is 0 Å². The summed E-state index contributed by atoms with van der Waals surface area (Å²) in [5.74, 6) is 3.48. The van der Waals surface area contributed by atoms with Crippen LogP contribution in [0, 0.1) is 0 Å². The van der Waals surface area contributed by atoms with Gasteiger partial charge >= 0.3 is 0 Å². The SMILES string of the molecule is Brc1ccccc1Oc1c(Br)c(Br)c(Oc2c(Br)c(Br)c(Oc3ccccc3Br)c(Br)c2Br)c(Br)c1Br. The van der Waals surface area contributed by atoms with Crippen LogP contribution in [0.2, 0.25) is 0 Å². The first-order chi connectivity index (χ1) is 17.5. The third kappa shape index (κ3) is 6.61. The lowest BCUT2D eigenvalue weighted by atomic mass is 10.3. The summed E-state index contributed by atoms with van der Waals surface area (Å²) in [4.78, 5) is 0. The van der Waals surface area contributed by atoms with E-state index in [1.807, 2.05) is 48.5 Å². The maximum Gasteiger partial charge on any atom is 0.158 e. The van der Waals surface area contributed by atoms with E-state index < -0.39 is 0 Å². The van der Waals surface area contributed by atoms with E-state index in [1.165, 1.54) is 0 Å². The predicted molar refractivity (Wildman–Crippen MR) is 183 cm³/mol. The molecule has 192 valence electrons. The van der Waals surface area contributed by atoms with E-state index in [0.29, 0.717) is 70.3 Å². The van der Waals surface area contributed by atoms with Crippen LogP contribution in [0.25, 0.3) is 0 Å². The normalized spacial score (nSPS) is 11.0. The summed E-state index contributed by atoms with van der Waals surface area (Å²) in [7, 11) is 0. The molecule has 0 aliphatic heterocycles. The molecule has 0 radical (unpaired) electrons. The van der Waals surface area contributed by atoms with E-state index in [-0.39, 0.29) is 0 Å². The van der Waals surface area contributed by atoms with Crippen molar-refractivity contribution < 1.29 is 14.2 Å². The van der Waals surface area contributed by atoms with Gasteiger partial charge < -0.3 is 14.2 Å². The molecule has 0 aliphatic carbocycles. The van der Waals surface area contributed by atoms with Gasteiger partial charge in [0.2, 0.25) is 0 Å². The lowest BCUT2D eigenvalue weighted by Gasteiger charge is -2.21. The maximum atomic E-state index is 6.45. The molecule has 0 saturated carbocycles. The van der Waals surface area contributed by atoms with Gasteiger partial charge in [-0.2, -0.15) is 0 Å². The number of para-hydroxylation sites is 2. The third-order valence-electron chi connectivity index (χ3n) is 4.67. The molecule has 0 heterocycles. The van der Waals surface area contributed by atoms with Crippen molar-refractivity contribution in [1.29, 1.82) is 0 Å². The first-order valence-corrected chi connectivity index (χ1v) is 17.7. The van der Waals surface area contributed by atoms with Crippen LogP contribution in [0.3, 0.4) is 0 Å². The van der Waals surface area contributed by atoms with Crippen molar-refractivity contribution in [3.8, 4) is 34.5 Å². The van der Waals surface area contributed by atoms with Crippen LogP contribution in [0.15, 0.2) is 93.3 Å². The van der Waals surface area contributed by atoms with Crippen LogP contribution >= 0.6 is 159 Å². The number of hydrogen-bond donors (Lipinski definition) is 0. The molecule has 37 heavy (non-hydrogen) atoms. The molecule has 3 nitrogen and oxygen atoms in total. The van der Waals surface area contributed by atoms with Crippen LogP contribution < -0.4 is 14.2 Å². The van der Waals surface area contributed by atoms with Crippen molar-refractivity contribution in [3.05, 3.63) is 93.3 Å². The standard InChI is InChI=1S/C24H8Br10O3/c25-9-5-1-3-7-11(9)35-21-13(27)17(31)23(18(32)14(21)28)37-24-19(33)15(29)22(16(30)20(24)34)36-12-8-4-2-6-10(12)26/h1-8H. The molecule has 4 aromatic carbocycles. The van der Waals surface area contributed by atoms with Gasteiger partial charge in [-0.3, -0.25) is 0 Å². The number of hydrogen-bond acceptors (Lipinski definition) is 3. The van der Waals surface area contributed by atoms with Gasteiger partial charge in [-0.05, 0) is 184 Å². The van der Waals surface area contributed by atoms with Gasteiger partial charge in [-0.15, -0.1) is 0 Å². The monoisotopic (exact) mass is 1130 g/mol. The van der Waals surface area contributed by atoms with Gasteiger partial charge in [0, 0.05) is 0 Å². The van der Waals surface area contributed by atoms with Crippen molar-refractivity contribution >= 4 is 159 Å². The smallest absolute Gasteiger partial charge is 0.158 e. The molecule has 0 amide bonds. The first kappa shape index (κ1) is 31.0. The summed E-state index contributed by atoms with van der Waals surface area (Å²) in [6.07, 6.45) is 0. The number of rotatable bonds is 6. The maximum absolute atomic E-state index is 6.45. The quantitative estimate of drug-likeness (QED) is 0.180. The molecule has 4 rings (SSSR count). The minimum absolute atomic E-state index is 0.512. The Hall–Kier alpha value is 1.08. The molecular weight excluding hydrogens is 1140 g/mol. The Labute approximate surface area is 297 Å². The van der Waals surface area contributed by atoms with E-state index in [0.717, 1.165) is 8.95 Å². The molecule has 0 bridgehead atoms. The second-order valence-corrected chi connectivity index (χ2v) is 15.0. The fraction of sp³-hybridized carbons (Fsp3) is 0. The number of halogens is 10. The highest BCUT2D eigenvalue weighted by molar-refractivity contribution is 9.14. The summed E-state index contributed by atoms with van der Waals surface area (Å²) < 4.78 is 25.7. The van der Waals surface area contributed by atoms with E-state index >= 15 is 0 Å². The van der Waals surface area contributed by atoms with Gasteiger partial charge in [-0.25, -0.2) is 0 Å². The summed E-state index contributed by atoms with van der Waals surface area (Å²) >= 11 is 36.3. The van der Waals surface area contributed by atoms with E-state index in [9.17, 15) is 0 Å². The second-order valence-electron chi connectivity index (χ2n) is 7.00. The Bertz CT molecular complexity index is 1350. The number of benzene rings is 4. The minimum Gasteiger partial charge on any atom is -0.454 e. The molecule has 0 spiro atoms. The largest absolute Gasteiger partial charge is 0.454 e. The minimum atomic E-state index is 0.512. The first-order valence-electron chi connectivity index (χ1n) is 9.77. The lowest BCUT2D eigenvalue weighted by molar-refractivity contribution is 0.447. The van der Waals surface area contributed by atoms with Crippen LogP contribution in [0.4, 0.5) is 0 Å². The molecule has 0 atom stereocenters. The summed E-state index contributed by atoms with van der Waals surface area (Å²) in [5, 5.41) is 0. The van der Waals surface area contributed by atoms with E-state index in [1.54, 1.807) is 0 Å². The van der Waals surface area contributed by atoms with Gasteiger partial charge in [0.15, 0.2) is 23.0 Å². The summed E-state index contributed by atoms with van der Waals surface area (Å²) in [6.45, 7) is 0. The molecule has 0 fully saturated rings. The molecule has 4 aromatic rings. The average molecular weight is 1140 g/mol. The fourth-order valence-corrected chi connectivity index (χ4v) is 8.39. The molecule has 0 N–H and O–H groups in total. The van der Waals surface area contributed by atoms with Crippen molar-refractivity contribution in [1.82, 2.24) is 0 Å². The van der Waals surface area contributed by atoms with Gasteiger partial charge in [0.1, 0.15) is 11.5 Å². The van der Waals surface area contributed by atoms with Crippen molar-refractivity contribution in [2.45, 2.75) is 0 Å². The Kier molecular flexibility index (Phi) is 11.2. The van der Waals surface area contributed by atoms with Crippen LogP contribution in [0.5, 0.6) is 34.5 Å². The van der Waals surface area contributed by atoms with Gasteiger partial charge in [0.25, 0.3) is 0 Å². The summed E-state index contributed by atoms with van der Waals surface area (Å²) in [6, 6.07) is 15.2. The van der Waals surface area contributed by atoms with Gasteiger partial charge in [-0.1, -0.05) is 24.3 Å². The average Bonchev–Trinajstić information content (AvgIpc) is 2.88. The van der Waals surface area contributed by atoms with Crippen LogP contribution in [-0.4, -0.2) is 0 Å². The van der Waals surface area contributed by atoms with Crippen molar-refractivity contribution in [3.63, 3.8) is 0 Å². The van der Waals surface area contributed by atoms with Crippen molar-refractivity contribution in [2.75, 3.05) is 0 Å². The zero-order valence-electron chi connectivity index (χ0n) is 17.6. The summed E-state index contributed by atoms with van der Waals surface area (Å²) in [5.41, 5.74) is 0. The Balaban J connectivity index is 1.76. The molecule has 0 aromatic heterocycles. The van der Waals surface area contributed by atoms with E-state index in [2.05, 4.69) is 159 Å². The highest BCUT2D eigenvalue weighted by Gasteiger charge is 2.27. The van der Waals surface area contributed by atoms with Gasteiger partial charge in [0.05, 0.1) is 44.7 Å². The molecule has 13 heteroatoms. The fourth-order valence-electron chi connectivity index (χ4n) is 2.92. The third-order valence-corrected chi connectivity index (χ3v) is 14.2. The topological polar surface area (TPSA) is 27.7 Å². The van der Waals surface area contributed by atoms with Crippen molar-refractivity contribution in [2.24, 2.45) is 0 Å². The Morgan fingerprint density at radius 2 is 0.568 bits per heavy atom. The molecular formula is C24H8Br10O3. The highest BCUT2D eigenvalue weighted by atomic mass is 79.9. The van der Waals surface area contributed by atoms with E-state index in [4.69, 9.17) is 14.2 Å². The zero-order valence-corrected chi connectivity index (χ0v) is 33.5. The molecule has 0 aliphatic rings. The molecule has 0 unspecified atom stereocenters. The zero-order chi connectivity index (χ0) is 27.0. The lowest BCUT2D eigenvalue weighted by Crippen LogP contribution is -1.97. The Morgan fingerprint density at radius 3 is 0.838 bits per heavy atom. The molecule has 0 saturated heterocycles.